The molecule has 1 unspecified atom stereocenters. The number of fused-ring (bicyclic) bond motifs is 1. The quantitative estimate of drug-likeness (QED) is 0.568. The molecule has 0 saturated carbocycles. The number of H-pyrrole nitrogens is 1. The average molecular weight is 470 g/mol. The maximum Gasteiger partial charge on any atom is 0.219 e. The number of hydrogen-bond acceptors (Lipinski definition) is 7. The fourth-order valence-electron chi connectivity index (χ4n) is 4.32. The lowest BCUT2D eigenvalue weighted by Gasteiger charge is -2.33. The second-order valence-corrected chi connectivity index (χ2v) is 10.4. The SMILES string of the molecule is CS(=O)(=O)N1CCN(CCC2COc3cc(Oc4ccc(-c5ccn[nH]5)cn4)ccc32)CC1. The number of pyridine rings is 1. The van der Waals surface area contributed by atoms with Gasteiger partial charge in [0, 0.05) is 67.8 Å². The van der Waals surface area contributed by atoms with Gasteiger partial charge in [0.15, 0.2) is 0 Å². The van der Waals surface area contributed by atoms with Gasteiger partial charge in [-0.15, -0.1) is 0 Å². The molecule has 0 amide bonds. The highest BCUT2D eigenvalue weighted by Gasteiger charge is 2.27. The largest absolute Gasteiger partial charge is 0.493 e. The Hall–Kier alpha value is -2.95. The second-order valence-electron chi connectivity index (χ2n) is 8.46. The fraction of sp³-hybridized carbons (Fsp3) is 0.391. The Morgan fingerprint density at radius 2 is 2.00 bits per heavy atom. The number of aromatic nitrogens is 3. The Balaban J connectivity index is 1.16. The fourth-order valence-corrected chi connectivity index (χ4v) is 5.15. The van der Waals surface area contributed by atoms with Crippen LogP contribution in [0.15, 0.2) is 48.8 Å². The summed E-state index contributed by atoms with van der Waals surface area (Å²) >= 11 is 0. The van der Waals surface area contributed by atoms with E-state index >= 15 is 0 Å². The maximum atomic E-state index is 11.7. The number of nitrogens with one attached hydrogen (secondary N) is 1. The van der Waals surface area contributed by atoms with Gasteiger partial charge in [0.2, 0.25) is 15.9 Å². The average Bonchev–Trinajstić information content (AvgIpc) is 3.48. The van der Waals surface area contributed by atoms with Gasteiger partial charge in [0.25, 0.3) is 0 Å². The molecule has 1 fully saturated rings. The smallest absolute Gasteiger partial charge is 0.219 e. The lowest BCUT2D eigenvalue weighted by molar-refractivity contribution is 0.180. The molecule has 5 rings (SSSR count). The standard InChI is InChI=1S/C23H27N5O4S/c1-33(29,30)28-12-10-27(11-13-28)9-7-18-16-31-22-14-19(3-4-20(18)22)32-23-5-2-17(15-24-23)21-6-8-25-26-21/h2-6,8,14-15,18H,7,9-13,16H2,1H3,(H,25,26). The van der Waals surface area contributed by atoms with Crippen molar-refractivity contribution in [3.63, 3.8) is 0 Å². The number of ether oxygens (including phenoxy) is 2. The van der Waals surface area contributed by atoms with E-state index in [0.717, 1.165) is 43.1 Å². The second kappa shape index (κ2) is 9.12. The molecular weight excluding hydrogens is 442 g/mol. The predicted octanol–water partition coefficient (Wildman–Crippen LogP) is 2.71. The number of nitrogens with zero attached hydrogens (tertiary/aromatic N) is 4. The van der Waals surface area contributed by atoms with Gasteiger partial charge in [-0.1, -0.05) is 6.07 Å². The molecule has 174 valence electrons. The van der Waals surface area contributed by atoms with Crippen LogP contribution in [0.4, 0.5) is 0 Å². The minimum atomic E-state index is -3.09. The van der Waals surface area contributed by atoms with Crippen molar-refractivity contribution in [2.75, 3.05) is 45.6 Å². The molecule has 2 aliphatic heterocycles. The molecule has 4 heterocycles. The first-order chi connectivity index (χ1) is 16.0. The summed E-state index contributed by atoms with van der Waals surface area (Å²) in [5, 5.41) is 6.87. The van der Waals surface area contributed by atoms with Gasteiger partial charge in [-0.25, -0.2) is 13.4 Å². The van der Waals surface area contributed by atoms with Crippen LogP contribution < -0.4 is 9.47 Å². The molecule has 3 aromatic rings. The summed E-state index contributed by atoms with van der Waals surface area (Å²) in [6.07, 6.45) is 5.71. The summed E-state index contributed by atoms with van der Waals surface area (Å²) < 4.78 is 36.8. The molecular formula is C23H27N5O4S. The molecule has 9 nitrogen and oxygen atoms in total. The van der Waals surface area contributed by atoms with Gasteiger partial charge < -0.3 is 14.4 Å². The van der Waals surface area contributed by atoms with Crippen molar-refractivity contribution in [2.45, 2.75) is 12.3 Å². The van der Waals surface area contributed by atoms with Crippen LogP contribution in [0.3, 0.4) is 0 Å². The molecule has 1 N–H and O–H groups in total. The molecule has 0 spiro atoms. The van der Waals surface area contributed by atoms with Crippen LogP contribution in [0.25, 0.3) is 11.3 Å². The number of rotatable bonds is 7. The number of sulfonamides is 1. The zero-order valence-corrected chi connectivity index (χ0v) is 19.3. The first kappa shape index (κ1) is 21.9. The summed E-state index contributed by atoms with van der Waals surface area (Å²) in [6.45, 7) is 4.25. The van der Waals surface area contributed by atoms with Crippen molar-refractivity contribution >= 4 is 10.0 Å². The van der Waals surface area contributed by atoms with Crippen molar-refractivity contribution < 1.29 is 17.9 Å². The Morgan fingerprint density at radius 1 is 1.15 bits per heavy atom. The third kappa shape index (κ3) is 5.02. The molecule has 10 heteroatoms. The van der Waals surface area contributed by atoms with E-state index in [1.807, 2.05) is 30.3 Å². The van der Waals surface area contributed by atoms with Crippen LogP contribution in [-0.4, -0.2) is 78.4 Å². The van der Waals surface area contributed by atoms with Gasteiger partial charge >= 0.3 is 0 Å². The summed E-state index contributed by atoms with van der Waals surface area (Å²) in [6, 6.07) is 11.6. The molecule has 2 aliphatic rings. The topological polar surface area (TPSA) is 101 Å². The highest BCUT2D eigenvalue weighted by molar-refractivity contribution is 7.88. The van der Waals surface area contributed by atoms with E-state index in [4.69, 9.17) is 9.47 Å². The van der Waals surface area contributed by atoms with Crippen LogP contribution in [-0.2, 0) is 10.0 Å². The minimum Gasteiger partial charge on any atom is -0.493 e. The van der Waals surface area contributed by atoms with Crippen molar-refractivity contribution in [2.24, 2.45) is 0 Å². The zero-order valence-electron chi connectivity index (χ0n) is 18.5. The molecule has 0 aliphatic carbocycles. The van der Waals surface area contributed by atoms with Gasteiger partial charge in [-0.05, 0) is 31.2 Å². The van der Waals surface area contributed by atoms with Crippen LogP contribution in [0, 0.1) is 0 Å². The highest BCUT2D eigenvalue weighted by atomic mass is 32.2. The van der Waals surface area contributed by atoms with Crippen LogP contribution in [0.5, 0.6) is 17.4 Å². The number of hydrogen-bond donors (Lipinski definition) is 1. The molecule has 33 heavy (non-hydrogen) atoms. The lowest BCUT2D eigenvalue weighted by atomic mass is 9.97. The Labute approximate surface area is 193 Å². The molecule has 1 atom stereocenters. The van der Waals surface area contributed by atoms with E-state index in [1.165, 1.54) is 11.8 Å². The van der Waals surface area contributed by atoms with E-state index in [0.29, 0.717) is 37.2 Å². The van der Waals surface area contributed by atoms with Crippen LogP contribution in [0.1, 0.15) is 17.9 Å². The molecule has 0 radical (unpaired) electrons. The predicted molar refractivity (Wildman–Crippen MR) is 124 cm³/mol. The summed E-state index contributed by atoms with van der Waals surface area (Å²) in [7, 11) is -3.09. The van der Waals surface area contributed by atoms with Gasteiger partial charge in [0.05, 0.1) is 18.6 Å². The Morgan fingerprint density at radius 3 is 2.70 bits per heavy atom. The van der Waals surface area contributed by atoms with Crippen molar-refractivity contribution in [3.8, 4) is 28.6 Å². The van der Waals surface area contributed by atoms with Gasteiger partial charge in [-0.3, -0.25) is 5.10 Å². The first-order valence-electron chi connectivity index (χ1n) is 11.0. The molecule has 0 bridgehead atoms. The maximum absolute atomic E-state index is 11.7. The Kier molecular flexibility index (Phi) is 6.05. The van der Waals surface area contributed by atoms with Crippen LogP contribution in [0.2, 0.25) is 0 Å². The lowest BCUT2D eigenvalue weighted by Crippen LogP contribution is -2.48. The minimum absolute atomic E-state index is 0.328. The summed E-state index contributed by atoms with van der Waals surface area (Å²) in [5.74, 6) is 2.39. The van der Waals surface area contributed by atoms with E-state index < -0.39 is 10.0 Å². The number of aromatic amines is 1. The number of benzene rings is 1. The first-order valence-corrected chi connectivity index (χ1v) is 12.9. The van der Waals surface area contributed by atoms with E-state index in [1.54, 1.807) is 16.7 Å². The van der Waals surface area contributed by atoms with Crippen molar-refractivity contribution in [3.05, 3.63) is 54.4 Å². The summed E-state index contributed by atoms with van der Waals surface area (Å²) in [4.78, 5) is 6.71. The molecule has 1 aromatic carbocycles. The highest BCUT2D eigenvalue weighted by Crippen LogP contribution is 2.39. The van der Waals surface area contributed by atoms with Crippen LogP contribution >= 0.6 is 0 Å². The van der Waals surface area contributed by atoms with E-state index in [2.05, 4.69) is 26.1 Å². The Bertz CT molecular complexity index is 1190. The van der Waals surface area contributed by atoms with Gasteiger partial charge in [0.1, 0.15) is 11.5 Å². The third-order valence-electron chi connectivity index (χ3n) is 6.23. The van der Waals surface area contributed by atoms with E-state index in [-0.39, 0.29) is 0 Å². The number of piperazine rings is 1. The molecule has 1 saturated heterocycles. The van der Waals surface area contributed by atoms with Crippen molar-refractivity contribution in [1.29, 1.82) is 0 Å². The van der Waals surface area contributed by atoms with Gasteiger partial charge in [-0.2, -0.15) is 9.40 Å². The molecule has 2 aromatic heterocycles. The normalized spacial score (nSPS) is 19.2. The van der Waals surface area contributed by atoms with E-state index in [9.17, 15) is 8.42 Å². The van der Waals surface area contributed by atoms with Crippen molar-refractivity contribution in [1.82, 2.24) is 24.4 Å². The third-order valence-corrected chi connectivity index (χ3v) is 7.53. The summed E-state index contributed by atoms with van der Waals surface area (Å²) in [5.41, 5.74) is 3.04. The monoisotopic (exact) mass is 469 g/mol. The zero-order chi connectivity index (χ0) is 22.8.